The molecule has 0 bridgehead atoms. The summed E-state index contributed by atoms with van der Waals surface area (Å²) in [6, 6.07) is 0. The molecule has 18 heavy (non-hydrogen) atoms. The van der Waals surface area contributed by atoms with E-state index < -0.39 is 5.54 Å². The maximum atomic E-state index is 12.8. The van der Waals surface area contributed by atoms with Gasteiger partial charge in [0.2, 0.25) is 11.8 Å². The van der Waals surface area contributed by atoms with Gasteiger partial charge in [-0.05, 0) is 39.0 Å². The molecule has 100 valence electrons. The Bertz CT molecular complexity index is 381. The molecule has 3 fully saturated rings. The van der Waals surface area contributed by atoms with Crippen molar-refractivity contribution in [3.63, 3.8) is 0 Å². The summed E-state index contributed by atoms with van der Waals surface area (Å²) >= 11 is 0. The minimum absolute atomic E-state index is 0.0321. The molecule has 1 spiro atoms. The third kappa shape index (κ3) is 1.65. The van der Waals surface area contributed by atoms with E-state index in [1.807, 2.05) is 4.90 Å². The highest BCUT2D eigenvalue weighted by Crippen LogP contribution is 2.41. The lowest BCUT2D eigenvalue weighted by Gasteiger charge is -2.54. The van der Waals surface area contributed by atoms with Gasteiger partial charge < -0.3 is 10.2 Å². The average Bonchev–Trinajstić information content (AvgIpc) is 2.32. The third-order valence-electron chi connectivity index (χ3n) is 5.12. The van der Waals surface area contributed by atoms with Crippen molar-refractivity contribution in [2.24, 2.45) is 0 Å². The number of nitrogens with one attached hydrogen (secondary N) is 1. The topological polar surface area (TPSA) is 49.4 Å². The molecule has 0 atom stereocenters. The number of carbonyl (C=O) groups is 2. The van der Waals surface area contributed by atoms with Crippen LogP contribution in [0.3, 0.4) is 0 Å². The first-order valence-electron chi connectivity index (χ1n) is 7.19. The maximum absolute atomic E-state index is 12.8. The molecule has 1 aliphatic heterocycles. The van der Waals surface area contributed by atoms with Crippen molar-refractivity contribution in [2.45, 2.75) is 69.4 Å². The maximum Gasteiger partial charge on any atom is 0.249 e. The largest absolute Gasteiger partial charge is 0.340 e. The second-order valence-electron chi connectivity index (χ2n) is 6.43. The molecule has 4 nitrogen and oxygen atoms in total. The number of piperazine rings is 1. The van der Waals surface area contributed by atoms with Crippen LogP contribution in [-0.2, 0) is 9.59 Å². The van der Waals surface area contributed by atoms with Crippen LogP contribution in [0.2, 0.25) is 0 Å². The summed E-state index contributed by atoms with van der Waals surface area (Å²) in [5, 5.41) is 3.00. The fraction of sp³-hybridized carbons (Fsp3) is 0.857. The Morgan fingerprint density at radius 2 is 1.67 bits per heavy atom. The van der Waals surface area contributed by atoms with Crippen molar-refractivity contribution in [1.82, 2.24) is 10.2 Å². The smallest absolute Gasteiger partial charge is 0.249 e. The van der Waals surface area contributed by atoms with E-state index in [0.717, 1.165) is 38.5 Å². The lowest BCUT2D eigenvalue weighted by molar-refractivity contribution is -0.161. The minimum atomic E-state index is -0.563. The van der Waals surface area contributed by atoms with Gasteiger partial charge in [0, 0.05) is 5.54 Å². The first-order valence-corrected chi connectivity index (χ1v) is 7.19. The van der Waals surface area contributed by atoms with Crippen molar-refractivity contribution in [3.8, 4) is 0 Å². The highest BCUT2D eigenvalue weighted by Gasteiger charge is 2.52. The quantitative estimate of drug-likeness (QED) is 0.768. The monoisotopic (exact) mass is 250 g/mol. The van der Waals surface area contributed by atoms with Crippen molar-refractivity contribution in [1.29, 1.82) is 0 Å². The van der Waals surface area contributed by atoms with Crippen LogP contribution in [0.15, 0.2) is 0 Å². The standard InChI is InChI=1S/C14H22N2O2/c1-13(6-5-7-13)16-10-11(17)15-14(12(16)18)8-3-2-4-9-14/h2-10H2,1H3,(H,15,17). The van der Waals surface area contributed by atoms with Gasteiger partial charge in [0.25, 0.3) is 0 Å². The summed E-state index contributed by atoms with van der Waals surface area (Å²) in [7, 11) is 0. The van der Waals surface area contributed by atoms with Crippen molar-refractivity contribution >= 4 is 11.8 Å². The Balaban J connectivity index is 1.87. The molecule has 1 N–H and O–H groups in total. The zero-order valence-corrected chi connectivity index (χ0v) is 11.1. The molecule has 2 saturated carbocycles. The van der Waals surface area contributed by atoms with E-state index in [4.69, 9.17) is 0 Å². The second kappa shape index (κ2) is 3.97. The van der Waals surface area contributed by atoms with Crippen LogP contribution in [0.1, 0.15) is 58.3 Å². The fourth-order valence-corrected chi connectivity index (χ4v) is 3.72. The summed E-state index contributed by atoms with van der Waals surface area (Å²) in [6.07, 6.45) is 8.20. The predicted octanol–water partition coefficient (Wildman–Crippen LogP) is 1.59. The summed E-state index contributed by atoms with van der Waals surface area (Å²) < 4.78 is 0. The summed E-state index contributed by atoms with van der Waals surface area (Å²) in [4.78, 5) is 26.6. The Kier molecular flexibility index (Phi) is 2.65. The Morgan fingerprint density at radius 3 is 2.22 bits per heavy atom. The molecule has 0 aromatic rings. The third-order valence-corrected chi connectivity index (χ3v) is 5.12. The number of carbonyl (C=O) groups excluding carboxylic acids is 2. The lowest BCUT2D eigenvalue weighted by Crippen LogP contribution is -2.72. The number of nitrogens with zero attached hydrogens (tertiary/aromatic N) is 1. The molecule has 2 amide bonds. The molecule has 4 heteroatoms. The van der Waals surface area contributed by atoms with Gasteiger partial charge in [0.05, 0.1) is 0 Å². The van der Waals surface area contributed by atoms with Gasteiger partial charge in [-0.2, -0.15) is 0 Å². The summed E-state index contributed by atoms with van der Waals surface area (Å²) in [6.45, 7) is 2.39. The molecular formula is C14H22N2O2. The van der Waals surface area contributed by atoms with Gasteiger partial charge in [-0.25, -0.2) is 0 Å². The van der Waals surface area contributed by atoms with Gasteiger partial charge in [-0.3, -0.25) is 9.59 Å². The molecular weight excluding hydrogens is 228 g/mol. The number of rotatable bonds is 1. The first kappa shape index (κ1) is 12.0. The molecule has 2 aliphatic carbocycles. The van der Waals surface area contributed by atoms with E-state index in [2.05, 4.69) is 12.2 Å². The van der Waals surface area contributed by atoms with Gasteiger partial charge in [0.15, 0.2) is 0 Å². The van der Waals surface area contributed by atoms with E-state index in [1.54, 1.807) is 0 Å². The van der Waals surface area contributed by atoms with Crippen LogP contribution in [0.25, 0.3) is 0 Å². The molecule has 0 aromatic carbocycles. The van der Waals surface area contributed by atoms with Crippen molar-refractivity contribution in [3.05, 3.63) is 0 Å². The molecule has 3 rings (SSSR count). The lowest BCUT2D eigenvalue weighted by atomic mass is 9.73. The van der Waals surface area contributed by atoms with Gasteiger partial charge >= 0.3 is 0 Å². The second-order valence-corrected chi connectivity index (χ2v) is 6.43. The molecule has 0 radical (unpaired) electrons. The number of hydrogen-bond acceptors (Lipinski definition) is 2. The van der Waals surface area contributed by atoms with E-state index >= 15 is 0 Å². The van der Waals surface area contributed by atoms with E-state index in [9.17, 15) is 9.59 Å². The zero-order valence-electron chi connectivity index (χ0n) is 11.1. The van der Waals surface area contributed by atoms with Crippen molar-refractivity contribution in [2.75, 3.05) is 6.54 Å². The average molecular weight is 250 g/mol. The molecule has 1 heterocycles. The van der Waals surface area contributed by atoms with Crippen molar-refractivity contribution < 1.29 is 9.59 Å². The van der Waals surface area contributed by atoms with E-state index in [-0.39, 0.29) is 23.9 Å². The zero-order chi connectivity index (χ0) is 12.8. The summed E-state index contributed by atoms with van der Waals surface area (Å²) in [5.41, 5.74) is -0.620. The highest BCUT2D eigenvalue weighted by atomic mass is 16.2. The normalized spacial score (nSPS) is 29.9. The van der Waals surface area contributed by atoms with Crippen LogP contribution in [0, 0.1) is 0 Å². The van der Waals surface area contributed by atoms with Crippen LogP contribution in [-0.4, -0.2) is 34.3 Å². The van der Waals surface area contributed by atoms with Crippen LogP contribution in [0.5, 0.6) is 0 Å². The predicted molar refractivity (Wildman–Crippen MR) is 67.9 cm³/mol. The molecule has 0 aromatic heterocycles. The highest BCUT2D eigenvalue weighted by molar-refractivity contribution is 5.98. The SMILES string of the molecule is CC1(N2CC(=O)NC3(CCCCC3)C2=O)CCC1. The summed E-state index contributed by atoms with van der Waals surface area (Å²) in [5.74, 6) is 0.216. The fourth-order valence-electron chi connectivity index (χ4n) is 3.72. The van der Waals surface area contributed by atoms with Gasteiger partial charge in [-0.1, -0.05) is 19.3 Å². The molecule has 1 saturated heterocycles. The van der Waals surface area contributed by atoms with Gasteiger partial charge in [0.1, 0.15) is 12.1 Å². The molecule has 0 unspecified atom stereocenters. The molecule has 3 aliphatic rings. The van der Waals surface area contributed by atoms with E-state index in [1.165, 1.54) is 12.8 Å². The van der Waals surface area contributed by atoms with Crippen LogP contribution < -0.4 is 5.32 Å². The Labute approximate surface area is 108 Å². The number of amides is 2. The first-order chi connectivity index (χ1) is 8.56. The minimum Gasteiger partial charge on any atom is -0.340 e. The van der Waals surface area contributed by atoms with Crippen LogP contribution >= 0.6 is 0 Å². The Hall–Kier alpha value is -1.06. The van der Waals surface area contributed by atoms with Crippen LogP contribution in [0.4, 0.5) is 0 Å². The Morgan fingerprint density at radius 1 is 1.00 bits per heavy atom. The van der Waals surface area contributed by atoms with Gasteiger partial charge in [-0.15, -0.1) is 0 Å². The van der Waals surface area contributed by atoms with E-state index in [0.29, 0.717) is 0 Å². The number of hydrogen-bond donors (Lipinski definition) is 1.